The van der Waals surface area contributed by atoms with Crippen molar-refractivity contribution in [3.63, 3.8) is 0 Å². The number of hydrogen-bond donors (Lipinski definition) is 3. The largest absolute Gasteiger partial charge is 0.522 e. The first kappa shape index (κ1) is 15.9. The molecule has 0 aromatic carbocycles. The summed E-state index contributed by atoms with van der Waals surface area (Å²) in [5, 5.41) is 19.9. The number of rotatable bonds is 3. The molecular formula is C11H12F3N5O4. The van der Waals surface area contributed by atoms with Crippen molar-refractivity contribution in [2.24, 2.45) is 0 Å². The van der Waals surface area contributed by atoms with Crippen LogP contribution in [0.25, 0.3) is 11.2 Å². The first-order valence-electron chi connectivity index (χ1n) is 6.43. The first-order chi connectivity index (χ1) is 10.8. The maximum Gasteiger partial charge on any atom is 0.522 e. The van der Waals surface area contributed by atoms with Gasteiger partial charge in [-0.1, -0.05) is 0 Å². The monoisotopic (exact) mass is 335 g/mol. The molecule has 126 valence electrons. The number of hydrogen-bond acceptors (Lipinski definition) is 8. The number of halogens is 3. The molecule has 23 heavy (non-hydrogen) atoms. The van der Waals surface area contributed by atoms with Gasteiger partial charge in [0.05, 0.1) is 12.9 Å². The third-order valence-electron chi connectivity index (χ3n) is 3.41. The van der Waals surface area contributed by atoms with Crippen LogP contribution in [0.4, 0.5) is 19.0 Å². The summed E-state index contributed by atoms with van der Waals surface area (Å²) in [6, 6.07) is 0. The Balaban J connectivity index is 1.84. The Morgan fingerprint density at radius 3 is 2.70 bits per heavy atom. The maximum absolute atomic E-state index is 12.1. The zero-order valence-electron chi connectivity index (χ0n) is 11.4. The minimum atomic E-state index is -4.87. The standard InChI is InChI=1S/C11H12F3N5O4/c12-11(13,14)22-1-4-6(20)7(21)10(23-4)19-3-18-5-8(15)16-2-17-9(5)19/h2-4,6-7,10,20-21H,1H2,(H2,15,16,17)/t4-,6-,7-,10-/m1/s1. The predicted octanol–water partition coefficient (Wildman–Crippen LogP) is -0.436. The van der Waals surface area contributed by atoms with Gasteiger partial charge < -0.3 is 20.7 Å². The van der Waals surface area contributed by atoms with Crippen molar-refractivity contribution in [2.45, 2.75) is 30.9 Å². The van der Waals surface area contributed by atoms with Gasteiger partial charge in [-0.2, -0.15) is 0 Å². The number of aromatic nitrogens is 4. The summed E-state index contributed by atoms with van der Waals surface area (Å²) >= 11 is 0. The number of nitrogens with zero attached hydrogens (tertiary/aromatic N) is 4. The Hall–Kier alpha value is -2.02. The van der Waals surface area contributed by atoms with Gasteiger partial charge in [0.25, 0.3) is 0 Å². The minimum absolute atomic E-state index is 0.0961. The van der Waals surface area contributed by atoms with E-state index in [1.54, 1.807) is 0 Å². The summed E-state index contributed by atoms with van der Waals surface area (Å²) in [5.74, 6) is 0.0961. The van der Waals surface area contributed by atoms with Crippen LogP contribution in [-0.2, 0) is 9.47 Å². The highest BCUT2D eigenvalue weighted by atomic mass is 19.4. The molecule has 1 saturated heterocycles. The van der Waals surface area contributed by atoms with Gasteiger partial charge in [0.1, 0.15) is 30.2 Å². The van der Waals surface area contributed by atoms with E-state index < -0.39 is 37.5 Å². The third-order valence-corrected chi connectivity index (χ3v) is 3.41. The molecule has 0 amide bonds. The zero-order chi connectivity index (χ0) is 16.8. The van der Waals surface area contributed by atoms with E-state index in [9.17, 15) is 23.4 Å². The molecule has 0 bridgehead atoms. The van der Waals surface area contributed by atoms with Crippen molar-refractivity contribution in [2.75, 3.05) is 12.3 Å². The molecule has 4 N–H and O–H groups in total. The molecule has 0 saturated carbocycles. The van der Waals surface area contributed by atoms with Crippen LogP contribution in [0.2, 0.25) is 0 Å². The number of nitrogens with two attached hydrogens (primary N) is 1. The summed E-state index contributed by atoms with van der Waals surface area (Å²) in [6.07, 6.45) is -8.08. The fraction of sp³-hybridized carbons (Fsp3) is 0.545. The zero-order valence-corrected chi connectivity index (χ0v) is 11.4. The lowest BCUT2D eigenvalue weighted by atomic mass is 10.1. The quantitative estimate of drug-likeness (QED) is 0.689. The van der Waals surface area contributed by atoms with Crippen molar-refractivity contribution in [3.8, 4) is 0 Å². The number of aliphatic hydroxyl groups is 2. The SMILES string of the molecule is Nc1ncnc2c1ncn2[C@@H]1O[C@H](COC(F)(F)F)[C@@H](O)[C@H]1O. The summed E-state index contributed by atoms with van der Waals surface area (Å²) in [4.78, 5) is 11.6. The number of anilines is 1. The lowest BCUT2D eigenvalue weighted by molar-refractivity contribution is -0.333. The molecule has 12 heteroatoms. The van der Waals surface area contributed by atoms with E-state index in [-0.39, 0.29) is 17.0 Å². The Bertz CT molecular complexity index is 709. The number of alkyl halides is 3. The molecule has 3 heterocycles. The van der Waals surface area contributed by atoms with Gasteiger partial charge in [0, 0.05) is 0 Å². The molecule has 0 unspecified atom stereocenters. The van der Waals surface area contributed by atoms with Gasteiger partial charge in [-0.3, -0.25) is 9.30 Å². The minimum Gasteiger partial charge on any atom is -0.387 e. The van der Waals surface area contributed by atoms with Gasteiger partial charge in [-0.05, 0) is 0 Å². The molecule has 2 aromatic heterocycles. The van der Waals surface area contributed by atoms with E-state index in [1.807, 2.05) is 0 Å². The van der Waals surface area contributed by atoms with Crippen molar-refractivity contribution in [1.29, 1.82) is 0 Å². The molecule has 0 aliphatic carbocycles. The van der Waals surface area contributed by atoms with Crippen LogP contribution in [0.3, 0.4) is 0 Å². The van der Waals surface area contributed by atoms with Crippen LogP contribution in [-0.4, -0.2) is 61.0 Å². The summed E-state index contributed by atoms with van der Waals surface area (Å²) in [5.41, 5.74) is 6.09. The average molecular weight is 335 g/mol. The second kappa shape index (κ2) is 5.56. The number of aliphatic hydroxyl groups excluding tert-OH is 2. The first-order valence-corrected chi connectivity index (χ1v) is 6.43. The summed E-state index contributed by atoms with van der Waals surface area (Å²) in [6.45, 7) is -0.956. The Morgan fingerprint density at radius 1 is 1.26 bits per heavy atom. The number of fused-ring (bicyclic) bond motifs is 1. The fourth-order valence-electron chi connectivity index (χ4n) is 2.33. The van der Waals surface area contributed by atoms with E-state index in [0.29, 0.717) is 0 Å². The highest BCUT2D eigenvalue weighted by molar-refractivity contribution is 5.81. The van der Waals surface area contributed by atoms with Crippen LogP contribution < -0.4 is 5.73 Å². The van der Waals surface area contributed by atoms with Crippen molar-refractivity contribution in [1.82, 2.24) is 19.5 Å². The van der Waals surface area contributed by atoms with Crippen LogP contribution in [0, 0.1) is 0 Å². The number of nitrogen functional groups attached to an aromatic ring is 1. The average Bonchev–Trinajstić information content (AvgIpc) is 3.01. The maximum atomic E-state index is 12.1. The molecule has 9 nitrogen and oxygen atoms in total. The van der Waals surface area contributed by atoms with E-state index in [0.717, 1.165) is 6.33 Å². The highest BCUT2D eigenvalue weighted by Gasteiger charge is 2.46. The van der Waals surface area contributed by atoms with Gasteiger partial charge in [-0.15, -0.1) is 13.2 Å². The lowest BCUT2D eigenvalue weighted by Gasteiger charge is -2.16. The third kappa shape index (κ3) is 2.93. The van der Waals surface area contributed by atoms with Crippen LogP contribution in [0.1, 0.15) is 6.23 Å². The Labute approximate surface area is 126 Å². The number of imidazole rings is 1. The molecule has 1 aliphatic rings. The number of ether oxygens (including phenoxy) is 2. The lowest BCUT2D eigenvalue weighted by Crippen LogP contribution is -2.35. The molecule has 4 atom stereocenters. The molecule has 0 spiro atoms. The summed E-state index contributed by atoms with van der Waals surface area (Å²) in [7, 11) is 0. The topological polar surface area (TPSA) is 129 Å². The predicted molar refractivity (Wildman–Crippen MR) is 67.7 cm³/mol. The molecule has 3 rings (SSSR count). The van der Waals surface area contributed by atoms with E-state index >= 15 is 0 Å². The molecule has 1 aliphatic heterocycles. The van der Waals surface area contributed by atoms with E-state index in [1.165, 1.54) is 10.9 Å². The van der Waals surface area contributed by atoms with Gasteiger partial charge in [-0.25, -0.2) is 15.0 Å². The normalized spacial score (nSPS) is 28.6. The molecular weight excluding hydrogens is 323 g/mol. The van der Waals surface area contributed by atoms with Gasteiger partial charge in [0.15, 0.2) is 17.7 Å². The van der Waals surface area contributed by atoms with Crippen molar-refractivity contribution < 1.29 is 32.9 Å². The van der Waals surface area contributed by atoms with Crippen molar-refractivity contribution >= 4 is 17.0 Å². The van der Waals surface area contributed by atoms with Crippen LogP contribution in [0.5, 0.6) is 0 Å². The Morgan fingerprint density at radius 2 is 2.00 bits per heavy atom. The Kier molecular flexibility index (Phi) is 3.83. The second-order valence-electron chi connectivity index (χ2n) is 4.89. The van der Waals surface area contributed by atoms with Gasteiger partial charge >= 0.3 is 6.36 Å². The second-order valence-corrected chi connectivity index (χ2v) is 4.89. The molecule has 0 radical (unpaired) electrons. The van der Waals surface area contributed by atoms with E-state index in [4.69, 9.17) is 10.5 Å². The van der Waals surface area contributed by atoms with E-state index in [2.05, 4.69) is 19.7 Å². The van der Waals surface area contributed by atoms with Crippen LogP contribution in [0.15, 0.2) is 12.7 Å². The molecule has 1 fully saturated rings. The highest BCUT2D eigenvalue weighted by Crippen LogP contribution is 2.32. The van der Waals surface area contributed by atoms with Crippen LogP contribution >= 0.6 is 0 Å². The fourth-order valence-corrected chi connectivity index (χ4v) is 2.33. The summed E-state index contributed by atoms with van der Waals surface area (Å²) < 4.78 is 46.4. The molecule has 2 aromatic rings. The smallest absolute Gasteiger partial charge is 0.387 e. The van der Waals surface area contributed by atoms with Crippen molar-refractivity contribution in [3.05, 3.63) is 12.7 Å². The van der Waals surface area contributed by atoms with Gasteiger partial charge in [0.2, 0.25) is 0 Å².